The van der Waals surface area contributed by atoms with Gasteiger partial charge in [-0.15, -0.1) is 0 Å². The number of rotatable bonds is 6. The van der Waals surface area contributed by atoms with Gasteiger partial charge in [-0.25, -0.2) is 0 Å². The maximum Gasteiger partial charge on any atom is 0.220 e. The smallest absolute Gasteiger partial charge is 0.220 e. The van der Waals surface area contributed by atoms with E-state index in [2.05, 4.69) is 33.3 Å². The summed E-state index contributed by atoms with van der Waals surface area (Å²) in [5.74, 6) is 3.03. The Hall–Kier alpha value is -0.840. The van der Waals surface area contributed by atoms with Crippen molar-refractivity contribution in [3.8, 4) is 0 Å². The van der Waals surface area contributed by atoms with Crippen molar-refractivity contribution in [2.24, 2.45) is 23.2 Å². The van der Waals surface area contributed by atoms with Crippen molar-refractivity contribution in [1.29, 1.82) is 0 Å². The number of hydrogen-bond donors (Lipinski definition) is 1. The molecule has 1 heterocycles. The maximum absolute atomic E-state index is 12.5. The van der Waals surface area contributed by atoms with Crippen LogP contribution in [-0.4, -0.2) is 22.2 Å². The minimum absolute atomic E-state index is 0.275. The summed E-state index contributed by atoms with van der Waals surface area (Å²) in [5.41, 5.74) is 2.54. The predicted molar refractivity (Wildman–Crippen MR) is 102 cm³/mol. The van der Waals surface area contributed by atoms with E-state index >= 15 is 0 Å². The molecule has 1 N–H and O–H groups in total. The molecule has 5 rings (SSSR count). The van der Waals surface area contributed by atoms with Gasteiger partial charge in [0.15, 0.2) is 0 Å². The van der Waals surface area contributed by atoms with Crippen LogP contribution in [0.4, 0.5) is 0 Å². The van der Waals surface area contributed by atoms with Crippen molar-refractivity contribution in [2.75, 3.05) is 6.54 Å². The highest BCUT2D eigenvalue weighted by molar-refractivity contribution is 9.10. The summed E-state index contributed by atoms with van der Waals surface area (Å²) >= 11 is 3.57. The van der Waals surface area contributed by atoms with Crippen molar-refractivity contribution >= 4 is 21.8 Å². The standard InChI is InChI=1S/C20H30BrN3O/c1-13-19(21)14(2)24(23-13)5-3-4-22-18(25)12-20-9-15-6-16(10-20)8-17(7-15)11-20/h15-17H,3-12H2,1-2H3,(H,22,25). The van der Waals surface area contributed by atoms with E-state index in [4.69, 9.17) is 0 Å². The SMILES string of the molecule is Cc1nn(CCCNC(=O)CC23CC4CC(CC(C4)C2)C3)c(C)c1Br. The molecule has 4 nitrogen and oxygen atoms in total. The zero-order valence-corrected chi connectivity index (χ0v) is 17.1. The van der Waals surface area contributed by atoms with Crippen LogP contribution >= 0.6 is 15.9 Å². The second kappa shape index (κ2) is 6.71. The summed E-state index contributed by atoms with van der Waals surface area (Å²) in [6.07, 6.45) is 9.96. The van der Waals surface area contributed by atoms with Crippen LogP contribution in [0.1, 0.15) is 62.8 Å². The van der Waals surface area contributed by atoms with Crippen molar-refractivity contribution in [2.45, 2.75) is 71.8 Å². The molecule has 5 heteroatoms. The Morgan fingerprint density at radius 3 is 2.32 bits per heavy atom. The van der Waals surface area contributed by atoms with E-state index < -0.39 is 0 Å². The minimum atomic E-state index is 0.275. The molecule has 25 heavy (non-hydrogen) atoms. The molecular formula is C20H30BrN3O. The first kappa shape index (κ1) is 17.6. The molecule has 138 valence electrons. The number of nitrogens with zero attached hydrogens (tertiary/aromatic N) is 2. The van der Waals surface area contributed by atoms with Crippen LogP contribution in [0.3, 0.4) is 0 Å². The van der Waals surface area contributed by atoms with E-state index in [1.165, 1.54) is 38.5 Å². The zero-order chi connectivity index (χ0) is 17.6. The Bertz CT molecular complexity index is 631. The first-order chi connectivity index (χ1) is 11.9. The van der Waals surface area contributed by atoms with Crippen molar-refractivity contribution in [3.63, 3.8) is 0 Å². The number of nitrogens with one attached hydrogen (secondary N) is 1. The van der Waals surface area contributed by atoms with Crippen LogP contribution < -0.4 is 5.32 Å². The fourth-order valence-corrected chi connectivity index (χ4v) is 6.54. The van der Waals surface area contributed by atoms with Crippen LogP contribution in [0.5, 0.6) is 0 Å². The number of hydrogen-bond acceptors (Lipinski definition) is 2. The van der Waals surface area contributed by atoms with Crippen molar-refractivity contribution < 1.29 is 4.79 Å². The molecule has 4 saturated carbocycles. The van der Waals surface area contributed by atoms with Crippen LogP contribution in [0.2, 0.25) is 0 Å². The lowest BCUT2D eigenvalue weighted by atomic mass is 9.49. The molecule has 4 fully saturated rings. The van der Waals surface area contributed by atoms with E-state index in [1.54, 1.807) is 0 Å². The van der Waals surface area contributed by atoms with Crippen molar-refractivity contribution in [3.05, 3.63) is 15.9 Å². The third-order valence-electron chi connectivity index (χ3n) is 6.86. The number of aromatic nitrogens is 2. The lowest BCUT2D eigenvalue weighted by molar-refractivity contribution is -0.129. The van der Waals surface area contributed by atoms with Crippen molar-refractivity contribution in [1.82, 2.24) is 15.1 Å². The maximum atomic E-state index is 12.5. The summed E-state index contributed by atoms with van der Waals surface area (Å²) in [7, 11) is 0. The number of carbonyl (C=O) groups excluding carboxylic acids is 1. The quantitative estimate of drug-likeness (QED) is 0.711. The minimum Gasteiger partial charge on any atom is -0.356 e. The second-order valence-corrected chi connectivity index (χ2v) is 9.80. The Labute approximate surface area is 159 Å². The Kier molecular flexibility index (Phi) is 4.72. The van der Waals surface area contributed by atoms with Gasteiger partial charge in [0.25, 0.3) is 0 Å². The van der Waals surface area contributed by atoms with Gasteiger partial charge in [-0.1, -0.05) is 0 Å². The van der Waals surface area contributed by atoms with Gasteiger partial charge in [0, 0.05) is 25.2 Å². The van der Waals surface area contributed by atoms with Crippen LogP contribution in [-0.2, 0) is 11.3 Å². The third kappa shape index (κ3) is 3.54. The molecule has 1 amide bonds. The summed E-state index contributed by atoms with van der Waals surface area (Å²) < 4.78 is 3.13. The van der Waals surface area contributed by atoms with Gasteiger partial charge in [0.05, 0.1) is 10.2 Å². The average Bonchev–Trinajstić information content (AvgIpc) is 2.77. The number of amides is 1. The molecule has 1 aromatic rings. The molecular weight excluding hydrogens is 378 g/mol. The van der Waals surface area contributed by atoms with Gasteiger partial charge in [-0.3, -0.25) is 9.48 Å². The Morgan fingerprint density at radius 1 is 1.20 bits per heavy atom. The summed E-state index contributed by atoms with van der Waals surface area (Å²) in [5, 5.41) is 7.71. The third-order valence-corrected chi connectivity index (χ3v) is 8.01. The predicted octanol–water partition coefficient (Wildman–Crippen LogP) is 4.38. The highest BCUT2D eigenvalue weighted by Gasteiger charge is 2.51. The van der Waals surface area contributed by atoms with E-state index in [-0.39, 0.29) is 5.91 Å². The van der Waals surface area contributed by atoms with E-state index in [9.17, 15) is 4.79 Å². The fourth-order valence-electron chi connectivity index (χ4n) is 6.26. The molecule has 0 spiro atoms. The lowest BCUT2D eigenvalue weighted by Gasteiger charge is -2.56. The molecule has 0 aliphatic heterocycles. The average molecular weight is 408 g/mol. The summed E-state index contributed by atoms with van der Waals surface area (Å²) in [6.45, 7) is 5.70. The molecule has 0 unspecified atom stereocenters. The monoisotopic (exact) mass is 407 g/mol. The summed E-state index contributed by atoms with van der Waals surface area (Å²) in [4.78, 5) is 12.5. The van der Waals surface area contributed by atoms with E-state index in [0.29, 0.717) is 5.41 Å². The van der Waals surface area contributed by atoms with Crippen LogP contribution in [0, 0.1) is 37.0 Å². The molecule has 4 bridgehead atoms. The zero-order valence-electron chi connectivity index (χ0n) is 15.5. The van der Waals surface area contributed by atoms with Gasteiger partial charge < -0.3 is 5.32 Å². The van der Waals surface area contributed by atoms with Gasteiger partial charge in [0.2, 0.25) is 5.91 Å². The highest BCUT2D eigenvalue weighted by atomic mass is 79.9. The molecule has 4 aliphatic carbocycles. The molecule has 0 atom stereocenters. The topological polar surface area (TPSA) is 46.9 Å². The van der Waals surface area contributed by atoms with Gasteiger partial charge >= 0.3 is 0 Å². The van der Waals surface area contributed by atoms with Gasteiger partial charge in [0.1, 0.15) is 0 Å². The van der Waals surface area contributed by atoms with Gasteiger partial charge in [-0.05, 0) is 97.9 Å². The normalized spacial score (nSPS) is 33.0. The summed E-state index contributed by atoms with van der Waals surface area (Å²) in [6, 6.07) is 0. The number of aryl methyl sites for hydroxylation is 2. The van der Waals surface area contributed by atoms with Crippen LogP contribution in [0.15, 0.2) is 4.47 Å². The van der Waals surface area contributed by atoms with Gasteiger partial charge in [-0.2, -0.15) is 5.10 Å². The number of carbonyl (C=O) groups is 1. The largest absolute Gasteiger partial charge is 0.356 e. The van der Waals surface area contributed by atoms with Crippen LogP contribution in [0.25, 0.3) is 0 Å². The molecule has 4 aliphatic rings. The number of halogens is 1. The molecule has 0 aromatic carbocycles. The highest BCUT2D eigenvalue weighted by Crippen LogP contribution is 2.61. The lowest BCUT2D eigenvalue weighted by Crippen LogP contribution is -2.48. The molecule has 1 aromatic heterocycles. The molecule has 0 saturated heterocycles. The fraction of sp³-hybridized carbons (Fsp3) is 0.800. The van der Waals surface area contributed by atoms with E-state index in [1.807, 2.05) is 11.6 Å². The Morgan fingerprint density at radius 2 is 1.80 bits per heavy atom. The first-order valence-electron chi connectivity index (χ1n) is 9.90. The Balaban J connectivity index is 1.24. The molecule has 0 radical (unpaired) electrons. The first-order valence-corrected chi connectivity index (χ1v) is 10.7. The van der Waals surface area contributed by atoms with E-state index in [0.717, 1.165) is 59.5 Å². The second-order valence-electron chi connectivity index (χ2n) is 9.01.